The molecular formula is C16H23ClN4O3. The molecule has 7 nitrogen and oxygen atoms in total. The van der Waals surface area contributed by atoms with Crippen LogP contribution in [0.5, 0.6) is 0 Å². The predicted octanol–water partition coefficient (Wildman–Crippen LogP) is 0.652. The lowest BCUT2D eigenvalue weighted by Crippen LogP contribution is -2.37. The van der Waals surface area contributed by atoms with Crippen molar-refractivity contribution in [3.63, 3.8) is 0 Å². The van der Waals surface area contributed by atoms with Crippen molar-refractivity contribution in [2.24, 2.45) is 11.7 Å². The molecule has 0 saturated carbocycles. The number of amides is 3. The van der Waals surface area contributed by atoms with Crippen molar-refractivity contribution in [3.8, 4) is 0 Å². The molecular weight excluding hydrogens is 332 g/mol. The summed E-state index contributed by atoms with van der Waals surface area (Å²) in [5.74, 6) is -0.852. The van der Waals surface area contributed by atoms with E-state index in [-0.39, 0.29) is 43.1 Å². The van der Waals surface area contributed by atoms with Gasteiger partial charge in [0, 0.05) is 30.8 Å². The van der Waals surface area contributed by atoms with Crippen LogP contribution in [0.3, 0.4) is 0 Å². The largest absolute Gasteiger partial charge is 0.370 e. The number of rotatable bonds is 6. The summed E-state index contributed by atoms with van der Waals surface area (Å²) < 4.78 is 0. The number of hydrogen-bond donors (Lipinski definition) is 4. The first-order chi connectivity index (χ1) is 11.1. The number of carbonyl (C=O) groups is 3. The van der Waals surface area contributed by atoms with Gasteiger partial charge < -0.3 is 21.7 Å². The fourth-order valence-electron chi connectivity index (χ4n) is 2.46. The van der Waals surface area contributed by atoms with Crippen molar-refractivity contribution in [2.75, 3.05) is 25.0 Å². The second kappa shape index (κ2) is 9.89. The van der Waals surface area contributed by atoms with Crippen LogP contribution < -0.4 is 21.7 Å². The summed E-state index contributed by atoms with van der Waals surface area (Å²) in [7, 11) is 0. The third-order valence-corrected chi connectivity index (χ3v) is 3.72. The van der Waals surface area contributed by atoms with Crippen LogP contribution in [-0.2, 0) is 9.59 Å². The van der Waals surface area contributed by atoms with Gasteiger partial charge in [0.2, 0.25) is 11.8 Å². The van der Waals surface area contributed by atoms with Crippen molar-refractivity contribution < 1.29 is 14.4 Å². The Hall–Kier alpha value is -2.12. The number of benzene rings is 1. The van der Waals surface area contributed by atoms with Gasteiger partial charge in [-0.05, 0) is 37.6 Å². The first-order valence-corrected chi connectivity index (χ1v) is 7.74. The Balaban J connectivity index is 0.00000288. The molecule has 0 aromatic heterocycles. The lowest BCUT2D eigenvalue weighted by molar-refractivity contribution is -0.120. The Kier molecular flexibility index (Phi) is 8.21. The molecule has 0 spiro atoms. The number of hydrogen-bond acceptors (Lipinski definition) is 4. The number of nitrogens with one attached hydrogen (secondary N) is 3. The Morgan fingerprint density at radius 3 is 2.75 bits per heavy atom. The second-order valence-corrected chi connectivity index (χ2v) is 5.59. The summed E-state index contributed by atoms with van der Waals surface area (Å²) in [6.45, 7) is 1.82. The summed E-state index contributed by atoms with van der Waals surface area (Å²) in [4.78, 5) is 34.8. The first-order valence-electron chi connectivity index (χ1n) is 7.74. The van der Waals surface area contributed by atoms with Gasteiger partial charge in [-0.3, -0.25) is 14.4 Å². The van der Waals surface area contributed by atoms with Crippen LogP contribution in [0, 0.1) is 5.92 Å². The zero-order valence-corrected chi connectivity index (χ0v) is 14.2. The van der Waals surface area contributed by atoms with Gasteiger partial charge in [0.1, 0.15) is 0 Å². The average molecular weight is 355 g/mol. The Morgan fingerprint density at radius 1 is 1.29 bits per heavy atom. The molecule has 0 aliphatic carbocycles. The smallest absolute Gasteiger partial charge is 0.251 e. The maximum atomic E-state index is 12.2. The molecule has 1 aliphatic heterocycles. The quantitative estimate of drug-likeness (QED) is 0.600. The van der Waals surface area contributed by atoms with Crippen LogP contribution in [0.25, 0.3) is 0 Å². The average Bonchev–Trinajstić information content (AvgIpc) is 2.55. The minimum absolute atomic E-state index is 0. The maximum absolute atomic E-state index is 12.2. The number of anilines is 1. The van der Waals surface area contributed by atoms with Crippen LogP contribution in [0.2, 0.25) is 0 Å². The third kappa shape index (κ3) is 6.17. The van der Waals surface area contributed by atoms with Crippen LogP contribution in [0.1, 0.15) is 29.6 Å². The molecule has 1 aromatic carbocycles. The van der Waals surface area contributed by atoms with E-state index in [2.05, 4.69) is 16.0 Å². The van der Waals surface area contributed by atoms with E-state index >= 15 is 0 Å². The highest BCUT2D eigenvalue weighted by Crippen LogP contribution is 2.15. The number of halogens is 1. The van der Waals surface area contributed by atoms with Crippen molar-refractivity contribution in [1.29, 1.82) is 0 Å². The highest BCUT2D eigenvalue weighted by Gasteiger charge is 2.21. The van der Waals surface area contributed by atoms with Crippen LogP contribution >= 0.6 is 12.4 Å². The van der Waals surface area contributed by atoms with Crippen molar-refractivity contribution in [3.05, 3.63) is 29.8 Å². The molecule has 1 aliphatic rings. The first kappa shape index (κ1) is 19.9. The summed E-state index contributed by atoms with van der Waals surface area (Å²) >= 11 is 0. The lowest BCUT2D eigenvalue weighted by atomic mass is 9.98. The summed E-state index contributed by atoms with van der Waals surface area (Å²) in [5, 5.41) is 8.66. The van der Waals surface area contributed by atoms with Gasteiger partial charge in [-0.15, -0.1) is 12.4 Å². The van der Waals surface area contributed by atoms with Crippen LogP contribution in [0.4, 0.5) is 5.69 Å². The SMILES string of the molecule is Cl.NC(=O)CCNC(=O)c1cccc(NC(=O)C2CCCNC2)c1. The molecule has 1 unspecified atom stereocenters. The van der Waals surface area contributed by atoms with Gasteiger partial charge >= 0.3 is 0 Å². The van der Waals surface area contributed by atoms with Gasteiger partial charge in [-0.2, -0.15) is 0 Å². The number of piperidine rings is 1. The Bertz CT molecular complexity index is 588. The third-order valence-electron chi connectivity index (χ3n) is 3.72. The minimum atomic E-state index is -0.465. The van der Waals surface area contributed by atoms with Gasteiger partial charge in [0.25, 0.3) is 5.91 Å². The number of nitrogens with two attached hydrogens (primary N) is 1. The van der Waals surface area contributed by atoms with E-state index in [0.29, 0.717) is 17.8 Å². The molecule has 2 rings (SSSR count). The van der Waals surface area contributed by atoms with Gasteiger partial charge in [-0.25, -0.2) is 0 Å². The van der Waals surface area contributed by atoms with E-state index in [4.69, 9.17) is 5.73 Å². The summed E-state index contributed by atoms with van der Waals surface area (Å²) in [6.07, 6.45) is 1.95. The van der Waals surface area contributed by atoms with Gasteiger partial charge in [0.05, 0.1) is 5.92 Å². The molecule has 0 radical (unpaired) electrons. The topological polar surface area (TPSA) is 113 Å². The van der Waals surface area contributed by atoms with Crippen LogP contribution in [0.15, 0.2) is 24.3 Å². The van der Waals surface area contributed by atoms with E-state index in [0.717, 1.165) is 19.4 Å². The predicted molar refractivity (Wildman–Crippen MR) is 94.1 cm³/mol. The van der Waals surface area contributed by atoms with E-state index in [1.54, 1.807) is 24.3 Å². The Labute approximate surface area is 147 Å². The number of carbonyl (C=O) groups excluding carboxylic acids is 3. The van der Waals surface area contributed by atoms with E-state index in [1.807, 2.05) is 0 Å². The molecule has 5 N–H and O–H groups in total. The molecule has 24 heavy (non-hydrogen) atoms. The molecule has 1 saturated heterocycles. The van der Waals surface area contributed by atoms with Gasteiger partial charge in [-0.1, -0.05) is 6.07 Å². The molecule has 1 aromatic rings. The van der Waals surface area contributed by atoms with Gasteiger partial charge in [0.15, 0.2) is 0 Å². The molecule has 0 bridgehead atoms. The molecule has 1 atom stereocenters. The second-order valence-electron chi connectivity index (χ2n) is 5.59. The summed E-state index contributed by atoms with van der Waals surface area (Å²) in [6, 6.07) is 6.72. The standard InChI is InChI=1S/C16H22N4O3.ClH/c17-14(21)6-8-19-15(22)11-3-1-5-13(9-11)20-16(23)12-4-2-7-18-10-12;/h1,3,5,9,12,18H,2,4,6-8,10H2,(H2,17,21)(H,19,22)(H,20,23);1H. The highest BCUT2D eigenvalue weighted by molar-refractivity contribution is 5.97. The lowest BCUT2D eigenvalue weighted by Gasteiger charge is -2.22. The summed E-state index contributed by atoms with van der Waals surface area (Å²) in [5.41, 5.74) is 6.04. The zero-order chi connectivity index (χ0) is 16.7. The zero-order valence-electron chi connectivity index (χ0n) is 13.3. The van der Waals surface area contributed by atoms with E-state index < -0.39 is 5.91 Å². The van der Waals surface area contributed by atoms with E-state index in [9.17, 15) is 14.4 Å². The normalized spacial score (nSPS) is 16.6. The van der Waals surface area contributed by atoms with Crippen LogP contribution in [-0.4, -0.2) is 37.4 Å². The van der Waals surface area contributed by atoms with Crippen molar-refractivity contribution >= 4 is 35.8 Å². The molecule has 132 valence electrons. The molecule has 8 heteroatoms. The fraction of sp³-hybridized carbons (Fsp3) is 0.438. The monoisotopic (exact) mass is 354 g/mol. The Morgan fingerprint density at radius 2 is 2.08 bits per heavy atom. The minimum Gasteiger partial charge on any atom is -0.370 e. The maximum Gasteiger partial charge on any atom is 0.251 e. The molecule has 1 heterocycles. The molecule has 3 amide bonds. The number of primary amides is 1. The highest BCUT2D eigenvalue weighted by atomic mass is 35.5. The van der Waals surface area contributed by atoms with E-state index in [1.165, 1.54) is 0 Å². The van der Waals surface area contributed by atoms with Crippen molar-refractivity contribution in [2.45, 2.75) is 19.3 Å². The molecule has 1 fully saturated rings. The fourth-order valence-corrected chi connectivity index (χ4v) is 2.46. The van der Waals surface area contributed by atoms with Crippen molar-refractivity contribution in [1.82, 2.24) is 10.6 Å².